The molecule has 6 heteroatoms. The summed E-state index contributed by atoms with van der Waals surface area (Å²) in [6, 6.07) is 8.92. The molecule has 2 N–H and O–H groups in total. The van der Waals surface area contributed by atoms with Crippen LogP contribution in [0.3, 0.4) is 0 Å². The molecule has 0 fully saturated rings. The summed E-state index contributed by atoms with van der Waals surface area (Å²) in [5, 5.41) is 5.55. The third-order valence-corrected chi connectivity index (χ3v) is 3.66. The van der Waals surface area contributed by atoms with E-state index in [0.717, 1.165) is 5.56 Å². The summed E-state index contributed by atoms with van der Waals surface area (Å²) >= 11 is 0. The van der Waals surface area contributed by atoms with E-state index in [2.05, 4.69) is 20.6 Å². The van der Waals surface area contributed by atoms with Crippen molar-refractivity contribution in [2.75, 3.05) is 7.05 Å². The lowest BCUT2D eigenvalue weighted by Crippen LogP contribution is -2.44. The molecule has 0 aliphatic rings. The SMILES string of the molecule is CNC(=O)CCC(C)(C)NC(=O)c1cccc(-c2ncccn2)c1. The monoisotopic (exact) mass is 326 g/mol. The third kappa shape index (κ3) is 4.87. The van der Waals surface area contributed by atoms with E-state index in [1.54, 1.807) is 43.7 Å². The number of rotatable bonds is 6. The van der Waals surface area contributed by atoms with Crippen LogP contribution < -0.4 is 10.6 Å². The molecule has 6 nitrogen and oxygen atoms in total. The predicted octanol–water partition coefficient (Wildman–Crippen LogP) is 2.18. The van der Waals surface area contributed by atoms with Gasteiger partial charge in [-0.15, -0.1) is 0 Å². The maximum Gasteiger partial charge on any atom is 0.251 e. The highest BCUT2D eigenvalue weighted by atomic mass is 16.2. The van der Waals surface area contributed by atoms with E-state index in [1.165, 1.54) is 0 Å². The van der Waals surface area contributed by atoms with Gasteiger partial charge in [-0.3, -0.25) is 9.59 Å². The number of amides is 2. The summed E-state index contributed by atoms with van der Waals surface area (Å²) in [6.45, 7) is 3.80. The lowest BCUT2D eigenvalue weighted by atomic mass is 9.97. The molecule has 0 saturated carbocycles. The summed E-state index contributed by atoms with van der Waals surface area (Å²) in [7, 11) is 1.60. The van der Waals surface area contributed by atoms with Crippen molar-refractivity contribution in [2.45, 2.75) is 32.2 Å². The fraction of sp³-hybridized carbons (Fsp3) is 0.333. The number of hydrogen-bond acceptors (Lipinski definition) is 4. The maximum absolute atomic E-state index is 12.5. The van der Waals surface area contributed by atoms with Crippen molar-refractivity contribution in [1.82, 2.24) is 20.6 Å². The Morgan fingerprint density at radius 3 is 2.50 bits per heavy atom. The van der Waals surface area contributed by atoms with Gasteiger partial charge in [-0.05, 0) is 38.5 Å². The second-order valence-electron chi connectivity index (χ2n) is 6.16. The fourth-order valence-electron chi connectivity index (χ4n) is 2.24. The Bertz CT molecular complexity index is 714. The van der Waals surface area contributed by atoms with Gasteiger partial charge in [0, 0.05) is 42.5 Å². The molecule has 0 atom stereocenters. The lowest BCUT2D eigenvalue weighted by Gasteiger charge is -2.26. The van der Waals surface area contributed by atoms with E-state index in [0.29, 0.717) is 24.2 Å². The van der Waals surface area contributed by atoms with Gasteiger partial charge in [0.05, 0.1) is 0 Å². The van der Waals surface area contributed by atoms with E-state index < -0.39 is 5.54 Å². The molecule has 0 aliphatic heterocycles. The Labute approximate surface area is 141 Å². The van der Waals surface area contributed by atoms with Crippen LogP contribution in [0.25, 0.3) is 11.4 Å². The molecule has 1 heterocycles. The zero-order valence-corrected chi connectivity index (χ0v) is 14.2. The first-order chi connectivity index (χ1) is 11.4. The summed E-state index contributed by atoms with van der Waals surface area (Å²) in [5.41, 5.74) is 0.836. The largest absolute Gasteiger partial charge is 0.359 e. The fourth-order valence-corrected chi connectivity index (χ4v) is 2.24. The number of nitrogens with zero attached hydrogens (tertiary/aromatic N) is 2. The van der Waals surface area contributed by atoms with E-state index in [1.807, 2.05) is 19.9 Å². The number of nitrogens with one attached hydrogen (secondary N) is 2. The van der Waals surface area contributed by atoms with Gasteiger partial charge in [0.2, 0.25) is 5.91 Å². The molecule has 1 aromatic carbocycles. The Hall–Kier alpha value is -2.76. The Morgan fingerprint density at radius 2 is 1.83 bits per heavy atom. The number of benzene rings is 1. The number of carbonyl (C=O) groups is 2. The average molecular weight is 326 g/mol. The zero-order valence-electron chi connectivity index (χ0n) is 14.2. The van der Waals surface area contributed by atoms with Gasteiger partial charge >= 0.3 is 0 Å². The Kier molecular flexibility index (Phi) is 5.63. The standard InChI is InChI=1S/C18H22N4O2/c1-18(2,9-8-15(23)19-3)22-17(24)14-7-4-6-13(12-14)16-20-10-5-11-21-16/h4-7,10-12H,8-9H2,1-3H3,(H,19,23)(H,22,24). The molecule has 126 valence electrons. The van der Waals surface area contributed by atoms with Crippen molar-refractivity contribution in [3.63, 3.8) is 0 Å². The van der Waals surface area contributed by atoms with Gasteiger partial charge in [0.25, 0.3) is 5.91 Å². The minimum Gasteiger partial charge on any atom is -0.359 e. The zero-order chi connectivity index (χ0) is 17.6. The summed E-state index contributed by atoms with van der Waals surface area (Å²) in [6.07, 6.45) is 4.25. The quantitative estimate of drug-likeness (QED) is 0.852. The van der Waals surface area contributed by atoms with Crippen LogP contribution in [0.2, 0.25) is 0 Å². The minimum absolute atomic E-state index is 0.0412. The number of aromatic nitrogens is 2. The van der Waals surface area contributed by atoms with Gasteiger partial charge in [-0.2, -0.15) is 0 Å². The molecule has 0 aliphatic carbocycles. The highest BCUT2D eigenvalue weighted by Crippen LogP contribution is 2.17. The van der Waals surface area contributed by atoms with Crippen molar-refractivity contribution < 1.29 is 9.59 Å². The molecule has 24 heavy (non-hydrogen) atoms. The summed E-state index contributed by atoms with van der Waals surface area (Å²) in [5.74, 6) is 0.348. The van der Waals surface area contributed by atoms with Crippen LogP contribution in [0.1, 0.15) is 37.0 Å². The van der Waals surface area contributed by atoms with Gasteiger partial charge in [0.15, 0.2) is 5.82 Å². The predicted molar refractivity (Wildman–Crippen MR) is 92.3 cm³/mol. The molecule has 0 radical (unpaired) electrons. The smallest absolute Gasteiger partial charge is 0.251 e. The minimum atomic E-state index is -0.483. The van der Waals surface area contributed by atoms with Crippen molar-refractivity contribution >= 4 is 11.8 Å². The lowest BCUT2D eigenvalue weighted by molar-refractivity contribution is -0.121. The summed E-state index contributed by atoms with van der Waals surface area (Å²) in [4.78, 5) is 32.3. The molecule has 1 aromatic heterocycles. The van der Waals surface area contributed by atoms with E-state index >= 15 is 0 Å². The van der Waals surface area contributed by atoms with E-state index in [-0.39, 0.29) is 11.8 Å². The average Bonchev–Trinajstić information content (AvgIpc) is 2.60. The van der Waals surface area contributed by atoms with Crippen LogP contribution in [0.15, 0.2) is 42.7 Å². The molecular formula is C18H22N4O2. The second kappa shape index (κ2) is 7.68. The maximum atomic E-state index is 12.5. The first-order valence-corrected chi connectivity index (χ1v) is 7.82. The molecule has 0 bridgehead atoms. The second-order valence-corrected chi connectivity index (χ2v) is 6.16. The summed E-state index contributed by atoms with van der Waals surface area (Å²) < 4.78 is 0. The number of carbonyl (C=O) groups excluding carboxylic acids is 2. The van der Waals surface area contributed by atoms with Crippen molar-refractivity contribution in [1.29, 1.82) is 0 Å². The third-order valence-electron chi connectivity index (χ3n) is 3.66. The van der Waals surface area contributed by atoms with Crippen LogP contribution in [-0.4, -0.2) is 34.4 Å². The highest BCUT2D eigenvalue weighted by molar-refractivity contribution is 5.95. The van der Waals surface area contributed by atoms with Crippen LogP contribution in [0, 0.1) is 0 Å². The van der Waals surface area contributed by atoms with Crippen LogP contribution in [-0.2, 0) is 4.79 Å². The van der Waals surface area contributed by atoms with E-state index in [4.69, 9.17) is 0 Å². The number of hydrogen-bond donors (Lipinski definition) is 2. The van der Waals surface area contributed by atoms with Crippen molar-refractivity contribution in [2.24, 2.45) is 0 Å². The van der Waals surface area contributed by atoms with Gasteiger partial charge < -0.3 is 10.6 Å². The van der Waals surface area contributed by atoms with Crippen molar-refractivity contribution in [3.8, 4) is 11.4 Å². The normalized spacial score (nSPS) is 11.0. The topological polar surface area (TPSA) is 84.0 Å². The van der Waals surface area contributed by atoms with Gasteiger partial charge in [-0.1, -0.05) is 12.1 Å². The molecule has 2 rings (SSSR count). The first-order valence-electron chi connectivity index (χ1n) is 7.82. The first kappa shape index (κ1) is 17.6. The van der Waals surface area contributed by atoms with Crippen molar-refractivity contribution in [3.05, 3.63) is 48.3 Å². The molecule has 0 saturated heterocycles. The van der Waals surface area contributed by atoms with Gasteiger partial charge in [0.1, 0.15) is 0 Å². The Balaban J connectivity index is 2.08. The molecule has 2 aromatic rings. The molecule has 0 unspecified atom stereocenters. The van der Waals surface area contributed by atoms with Gasteiger partial charge in [-0.25, -0.2) is 9.97 Å². The van der Waals surface area contributed by atoms with Crippen LogP contribution in [0.4, 0.5) is 0 Å². The molecule has 0 spiro atoms. The van der Waals surface area contributed by atoms with Crippen LogP contribution in [0.5, 0.6) is 0 Å². The van der Waals surface area contributed by atoms with Crippen LogP contribution >= 0.6 is 0 Å². The Morgan fingerprint density at radius 1 is 1.12 bits per heavy atom. The van der Waals surface area contributed by atoms with E-state index in [9.17, 15) is 9.59 Å². The molecule has 2 amide bonds. The molecular weight excluding hydrogens is 304 g/mol. The highest BCUT2D eigenvalue weighted by Gasteiger charge is 2.22.